The van der Waals surface area contributed by atoms with Crippen molar-refractivity contribution in [1.82, 2.24) is 0 Å². The van der Waals surface area contributed by atoms with Crippen LogP contribution in [0.4, 0.5) is 5.69 Å². The van der Waals surface area contributed by atoms with Crippen molar-refractivity contribution in [2.75, 3.05) is 6.67 Å². The number of hydrogen-bond donors (Lipinski definition) is 0. The zero-order valence-corrected chi connectivity index (χ0v) is 8.60. The Bertz CT molecular complexity index is 534. The first-order valence-corrected chi connectivity index (χ1v) is 4.77. The molecule has 0 saturated heterocycles. The van der Waals surface area contributed by atoms with Crippen LogP contribution in [0.25, 0.3) is 0 Å². The molecule has 0 aromatic heterocycles. The second-order valence-corrected chi connectivity index (χ2v) is 3.74. The molecule has 0 unspecified atom stereocenters. The van der Waals surface area contributed by atoms with Gasteiger partial charge in [0.1, 0.15) is 6.67 Å². The summed E-state index contributed by atoms with van der Waals surface area (Å²) in [5, 5.41) is 11.9. The minimum absolute atomic E-state index is 0.0515. The third kappa shape index (κ3) is 1.49. The SMILES string of the molecule is CC(C)c1ccc([N+](=O)[O-])c2c1=NCN=2. The van der Waals surface area contributed by atoms with Gasteiger partial charge in [-0.25, -0.2) is 0 Å². The van der Waals surface area contributed by atoms with Crippen molar-refractivity contribution in [3.63, 3.8) is 0 Å². The Morgan fingerprint density at radius 3 is 2.60 bits per heavy atom. The summed E-state index contributed by atoms with van der Waals surface area (Å²) in [6.45, 7) is 4.38. The van der Waals surface area contributed by atoms with Crippen LogP contribution in [0, 0.1) is 10.1 Å². The molecule has 0 atom stereocenters. The summed E-state index contributed by atoms with van der Waals surface area (Å²) in [7, 11) is 0. The molecular weight excluding hydrogens is 194 g/mol. The fourth-order valence-corrected chi connectivity index (χ4v) is 1.70. The fraction of sp³-hybridized carbons (Fsp3) is 0.400. The van der Waals surface area contributed by atoms with Crippen LogP contribution in [0.1, 0.15) is 25.3 Å². The molecule has 15 heavy (non-hydrogen) atoms. The Balaban J connectivity index is 2.78. The van der Waals surface area contributed by atoms with Crippen LogP contribution in [-0.2, 0) is 0 Å². The predicted octanol–water partition coefficient (Wildman–Crippen LogP) is 0.929. The predicted molar refractivity (Wildman–Crippen MR) is 54.4 cm³/mol. The summed E-state index contributed by atoms with van der Waals surface area (Å²) in [5.74, 6) is 0.302. The second kappa shape index (κ2) is 3.42. The molecule has 0 fully saturated rings. The number of fused-ring (bicyclic) bond motifs is 1. The van der Waals surface area contributed by atoms with Gasteiger partial charge in [-0.05, 0) is 17.5 Å². The minimum Gasteiger partial charge on any atom is -0.259 e. The van der Waals surface area contributed by atoms with E-state index in [1.54, 1.807) is 6.07 Å². The van der Waals surface area contributed by atoms with Gasteiger partial charge in [0.05, 0.1) is 10.3 Å². The van der Waals surface area contributed by atoms with Crippen molar-refractivity contribution < 1.29 is 4.92 Å². The zero-order chi connectivity index (χ0) is 11.0. The molecule has 2 rings (SSSR count). The van der Waals surface area contributed by atoms with Gasteiger partial charge >= 0.3 is 0 Å². The molecule has 1 aromatic carbocycles. The smallest absolute Gasteiger partial charge is 0.259 e. The van der Waals surface area contributed by atoms with Crippen molar-refractivity contribution in [2.45, 2.75) is 19.8 Å². The average Bonchev–Trinajstić information content (AvgIpc) is 2.63. The molecule has 1 aliphatic heterocycles. The number of nitro groups is 1. The van der Waals surface area contributed by atoms with Gasteiger partial charge in [-0.3, -0.25) is 20.1 Å². The van der Waals surface area contributed by atoms with Crippen LogP contribution < -0.4 is 10.7 Å². The van der Waals surface area contributed by atoms with E-state index in [0.29, 0.717) is 23.3 Å². The molecule has 0 N–H and O–H groups in total. The van der Waals surface area contributed by atoms with Crippen LogP contribution in [-0.4, -0.2) is 11.6 Å². The van der Waals surface area contributed by atoms with Crippen LogP contribution >= 0.6 is 0 Å². The highest BCUT2D eigenvalue weighted by Gasteiger charge is 2.17. The molecule has 5 nitrogen and oxygen atoms in total. The van der Waals surface area contributed by atoms with E-state index in [0.717, 1.165) is 5.56 Å². The third-order valence-electron chi connectivity index (χ3n) is 2.44. The van der Waals surface area contributed by atoms with Crippen molar-refractivity contribution >= 4 is 5.69 Å². The Hall–Kier alpha value is -1.78. The van der Waals surface area contributed by atoms with E-state index >= 15 is 0 Å². The molecule has 0 aliphatic carbocycles. The van der Waals surface area contributed by atoms with Gasteiger partial charge in [0.25, 0.3) is 5.69 Å². The molecule has 0 spiro atoms. The Morgan fingerprint density at radius 2 is 2.00 bits per heavy atom. The number of non-ortho nitro benzene ring substituents is 1. The fourth-order valence-electron chi connectivity index (χ4n) is 1.70. The molecule has 0 saturated carbocycles. The summed E-state index contributed by atoms with van der Waals surface area (Å²) in [4.78, 5) is 18.6. The van der Waals surface area contributed by atoms with E-state index in [9.17, 15) is 10.1 Å². The molecule has 1 aliphatic rings. The molecule has 78 valence electrons. The van der Waals surface area contributed by atoms with Gasteiger partial charge in [0.2, 0.25) is 0 Å². The van der Waals surface area contributed by atoms with Crippen molar-refractivity contribution in [3.8, 4) is 0 Å². The van der Waals surface area contributed by atoms with Gasteiger partial charge in [0, 0.05) is 6.07 Å². The first-order chi connectivity index (χ1) is 7.11. The number of rotatable bonds is 2. The quantitative estimate of drug-likeness (QED) is 0.532. The number of benzene rings is 1. The molecule has 0 radical (unpaired) electrons. The van der Waals surface area contributed by atoms with Crippen molar-refractivity contribution in [1.29, 1.82) is 0 Å². The van der Waals surface area contributed by atoms with E-state index < -0.39 is 4.92 Å². The van der Waals surface area contributed by atoms with Gasteiger partial charge in [0.15, 0.2) is 5.36 Å². The lowest BCUT2D eigenvalue weighted by atomic mass is 10.0. The average molecular weight is 205 g/mol. The maximum atomic E-state index is 10.7. The van der Waals surface area contributed by atoms with Crippen molar-refractivity contribution in [3.05, 3.63) is 38.5 Å². The van der Waals surface area contributed by atoms with Gasteiger partial charge in [-0.15, -0.1) is 0 Å². The number of hydrogen-bond acceptors (Lipinski definition) is 4. The van der Waals surface area contributed by atoms with Crippen LogP contribution in [0.15, 0.2) is 22.1 Å². The second-order valence-electron chi connectivity index (χ2n) is 3.74. The summed E-state index contributed by atoms with van der Waals surface area (Å²) in [6.07, 6.45) is 0. The zero-order valence-electron chi connectivity index (χ0n) is 8.60. The van der Waals surface area contributed by atoms with Gasteiger partial charge < -0.3 is 0 Å². The Kier molecular flexibility index (Phi) is 2.22. The van der Waals surface area contributed by atoms with Crippen molar-refractivity contribution in [2.24, 2.45) is 9.98 Å². The molecular formula is C10H11N3O2. The molecule has 5 heteroatoms. The van der Waals surface area contributed by atoms with Crippen LogP contribution in [0.3, 0.4) is 0 Å². The first-order valence-electron chi connectivity index (χ1n) is 4.77. The standard InChI is InChI=1S/C10H11N3O2/c1-6(2)7-3-4-8(13(14)15)10-9(7)11-5-12-10/h3-4,6H,5H2,1-2H3. The van der Waals surface area contributed by atoms with E-state index in [2.05, 4.69) is 9.98 Å². The summed E-state index contributed by atoms with van der Waals surface area (Å²) >= 11 is 0. The summed E-state index contributed by atoms with van der Waals surface area (Å²) in [6, 6.07) is 3.28. The lowest BCUT2D eigenvalue weighted by Gasteiger charge is -2.03. The van der Waals surface area contributed by atoms with E-state index in [1.165, 1.54) is 6.07 Å². The summed E-state index contributed by atoms with van der Waals surface area (Å²) in [5.41, 5.74) is 1.08. The normalized spacial score (nSPS) is 13.3. The first kappa shape index (κ1) is 9.76. The Morgan fingerprint density at radius 1 is 1.33 bits per heavy atom. The molecule has 1 aromatic rings. The molecule has 1 heterocycles. The highest BCUT2D eigenvalue weighted by molar-refractivity contribution is 5.34. The number of nitro benzene ring substituents is 1. The largest absolute Gasteiger partial charge is 0.296 e. The van der Waals surface area contributed by atoms with E-state index in [-0.39, 0.29) is 5.69 Å². The number of nitrogens with zero attached hydrogens (tertiary/aromatic N) is 3. The molecule has 0 amide bonds. The third-order valence-corrected chi connectivity index (χ3v) is 2.44. The minimum atomic E-state index is -0.409. The van der Waals surface area contributed by atoms with E-state index in [4.69, 9.17) is 0 Å². The monoisotopic (exact) mass is 205 g/mol. The lowest BCUT2D eigenvalue weighted by Crippen LogP contribution is -2.29. The van der Waals surface area contributed by atoms with Gasteiger partial charge in [-0.1, -0.05) is 13.8 Å². The van der Waals surface area contributed by atoms with Crippen LogP contribution in [0.5, 0.6) is 0 Å². The lowest BCUT2D eigenvalue weighted by molar-refractivity contribution is -0.386. The highest BCUT2D eigenvalue weighted by atomic mass is 16.6. The maximum Gasteiger partial charge on any atom is 0.296 e. The summed E-state index contributed by atoms with van der Waals surface area (Å²) < 4.78 is 0. The van der Waals surface area contributed by atoms with E-state index in [1.807, 2.05) is 13.8 Å². The maximum absolute atomic E-state index is 10.7. The highest BCUT2D eigenvalue weighted by Crippen LogP contribution is 2.12. The van der Waals surface area contributed by atoms with Crippen LogP contribution in [0.2, 0.25) is 0 Å². The topological polar surface area (TPSA) is 67.9 Å². The Labute approximate surface area is 86.3 Å². The van der Waals surface area contributed by atoms with Gasteiger partial charge in [-0.2, -0.15) is 0 Å². The molecule has 0 bridgehead atoms.